The highest BCUT2D eigenvalue weighted by Crippen LogP contribution is 2.46. The first kappa shape index (κ1) is 11.8. The molecule has 1 aromatic rings. The highest BCUT2D eigenvalue weighted by molar-refractivity contribution is 5.54. The number of nitrogen functional groups attached to an aromatic ring is 1. The van der Waals surface area contributed by atoms with Crippen LogP contribution in [0.1, 0.15) is 38.5 Å². The molecular formula is C15H21FN2. The summed E-state index contributed by atoms with van der Waals surface area (Å²) in [6.45, 7) is 1.97. The van der Waals surface area contributed by atoms with Gasteiger partial charge in [-0.1, -0.05) is 12.8 Å². The van der Waals surface area contributed by atoms with Gasteiger partial charge in [-0.15, -0.1) is 0 Å². The molecule has 0 bridgehead atoms. The fourth-order valence-electron chi connectivity index (χ4n) is 3.63. The second-order valence-corrected chi connectivity index (χ2v) is 5.91. The maximum Gasteiger partial charge on any atom is 0.148 e. The van der Waals surface area contributed by atoms with E-state index in [0.29, 0.717) is 11.1 Å². The van der Waals surface area contributed by atoms with Gasteiger partial charge < -0.3 is 10.6 Å². The predicted molar refractivity (Wildman–Crippen MR) is 73.2 cm³/mol. The molecule has 1 heterocycles. The summed E-state index contributed by atoms with van der Waals surface area (Å²) < 4.78 is 13.9. The van der Waals surface area contributed by atoms with Crippen molar-refractivity contribution in [2.24, 2.45) is 5.41 Å². The van der Waals surface area contributed by atoms with Gasteiger partial charge in [0.25, 0.3) is 0 Å². The van der Waals surface area contributed by atoms with E-state index < -0.39 is 0 Å². The van der Waals surface area contributed by atoms with Crippen LogP contribution in [-0.2, 0) is 0 Å². The van der Waals surface area contributed by atoms with Crippen LogP contribution in [-0.4, -0.2) is 13.1 Å². The molecule has 0 amide bonds. The molecule has 0 unspecified atom stereocenters. The average molecular weight is 248 g/mol. The molecule has 1 aliphatic heterocycles. The van der Waals surface area contributed by atoms with Gasteiger partial charge in [0.05, 0.1) is 5.69 Å². The second-order valence-electron chi connectivity index (χ2n) is 5.91. The van der Waals surface area contributed by atoms with E-state index in [9.17, 15) is 4.39 Å². The Labute approximate surface area is 108 Å². The lowest BCUT2D eigenvalue weighted by molar-refractivity contribution is 0.226. The van der Waals surface area contributed by atoms with Gasteiger partial charge in [-0.2, -0.15) is 0 Å². The number of halogens is 1. The summed E-state index contributed by atoms with van der Waals surface area (Å²) >= 11 is 0. The van der Waals surface area contributed by atoms with E-state index in [1.165, 1.54) is 44.6 Å². The van der Waals surface area contributed by atoms with Crippen LogP contribution in [0.2, 0.25) is 0 Å². The summed E-state index contributed by atoms with van der Waals surface area (Å²) in [5, 5.41) is 0. The summed E-state index contributed by atoms with van der Waals surface area (Å²) in [7, 11) is 0. The molecule has 1 spiro atoms. The van der Waals surface area contributed by atoms with E-state index in [2.05, 4.69) is 4.90 Å². The number of nitrogens with zero attached hydrogens (tertiary/aromatic N) is 1. The van der Waals surface area contributed by atoms with E-state index >= 15 is 0 Å². The molecule has 3 heteroatoms. The van der Waals surface area contributed by atoms with Crippen LogP contribution in [0.15, 0.2) is 18.2 Å². The fourth-order valence-corrected chi connectivity index (χ4v) is 3.63. The van der Waals surface area contributed by atoms with Gasteiger partial charge in [0.15, 0.2) is 0 Å². The molecule has 1 saturated carbocycles. The number of hydrogen-bond donors (Lipinski definition) is 1. The minimum Gasteiger partial charge on any atom is -0.399 e. The minimum absolute atomic E-state index is 0.183. The topological polar surface area (TPSA) is 29.3 Å². The average Bonchev–Trinajstić information content (AvgIpc) is 2.80. The Kier molecular flexibility index (Phi) is 2.92. The monoisotopic (exact) mass is 248 g/mol. The van der Waals surface area contributed by atoms with Crippen LogP contribution in [0.3, 0.4) is 0 Å². The van der Waals surface area contributed by atoms with E-state index in [0.717, 1.165) is 18.8 Å². The minimum atomic E-state index is -0.183. The van der Waals surface area contributed by atoms with Crippen molar-refractivity contribution in [1.29, 1.82) is 0 Å². The first-order valence-corrected chi connectivity index (χ1v) is 6.99. The lowest BCUT2D eigenvalue weighted by Crippen LogP contribution is -2.39. The van der Waals surface area contributed by atoms with Crippen LogP contribution >= 0.6 is 0 Å². The van der Waals surface area contributed by atoms with Gasteiger partial charge in [0, 0.05) is 18.8 Å². The van der Waals surface area contributed by atoms with Crippen molar-refractivity contribution in [1.82, 2.24) is 0 Å². The van der Waals surface area contributed by atoms with Crippen LogP contribution in [0.25, 0.3) is 0 Å². The van der Waals surface area contributed by atoms with Crippen molar-refractivity contribution in [2.75, 3.05) is 23.7 Å². The van der Waals surface area contributed by atoms with Crippen LogP contribution in [0.5, 0.6) is 0 Å². The molecule has 2 N–H and O–H groups in total. The maximum absolute atomic E-state index is 13.9. The van der Waals surface area contributed by atoms with Crippen molar-refractivity contribution in [3.63, 3.8) is 0 Å². The zero-order valence-corrected chi connectivity index (χ0v) is 10.8. The summed E-state index contributed by atoms with van der Waals surface area (Å²) in [4.78, 5) is 2.18. The molecular weight excluding hydrogens is 227 g/mol. The highest BCUT2D eigenvalue weighted by Gasteiger charge is 2.37. The molecule has 0 aromatic heterocycles. The van der Waals surface area contributed by atoms with Crippen LogP contribution < -0.4 is 10.6 Å². The molecule has 1 saturated heterocycles. The van der Waals surface area contributed by atoms with Crippen molar-refractivity contribution in [2.45, 2.75) is 38.5 Å². The normalized spacial score (nSPS) is 22.6. The van der Waals surface area contributed by atoms with E-state index in [1.807, 2.05) is 6.07 Å². The Morgan fingerprint density at radius 2 is 1.72 bits per heavy atom. The van der Waals surface area contributed by atoms with E-state index in [4.69, 9.17) is 5.73 Å². The van der Waals surface area contributed by atoms with Crippen LogP contribution in [0.4, 0.5) is 15.8 Å². The third kappa shape index (κ3) is 2.06. The molecule has 1 aromatic carbocycles. The molecule has 18 heavy (non-hydrogen) atoms. The maximum atomic E-state index is 13.9. The Morgan fingerprint density at radius 1 is 1.06 bits per heavy atom. The Hall–Kier alpha value is -1.25. The predicted octanol–water partition coefficient (Wildman–Crippen LogP) is 3.57. The summed E-state index contributed by atoms with van der Waals surface area (Å²) in [5.41, 5.74) is 7.40. The number of piperidine rings is 1. The molecule has 1 aliphatic carbocycles. The Bertz CT molecular complexity index is 428. The molecule has 2 aliphatic rings. The third-order valence-corrected chi connectivity index (χ3v) is 4.80. The van der Waals surface area contributed by atoms with Gasteiger partial charge in [-0.3, -0.25) is 0 Å². The quantitative estimate of drug-likeness (QED) is 0.770. The first-order valence-electron chi connectivity index (χ1n) is 6.99. The lowest BCUT2D eigenvalue weighted by Gasteiger charge is -2.40. The molecule has 2 fully saturated rings. The second kappa shape index (κ2) is 4.45. The smallest absolute Gasteiger partial charge is 0.148 e. The molecule has 3 rings (SSSR count). The van der Waals surface area contributed by atoms with Gasteiger partial charge in [0.2, 0.25) is 0 Å². The largest absolute Gasteiger partial charge is 0.399 e. The standard InChI is InChI=1S/C15H21FN2/c16-13-11-12(17)3-4-14(13)18-9-7-15(8-10-18)5-1-2-6-15/h3-4,11H,1-2,5-10,17H2. The van der Waals surface area contributed by atoms with Gasteiger partial charge >= 0.3 is 0 Å². The number of benzene rings is 1. The zero-order chi connectivity index (χ0) is 12.6. The van der Waals surface area contributed by atoms with Gasteiger partial charge in [-0.05, 0) is 49.3 Å². The Balaban J connectivity index is 1.72. The number of anilines is 2. The van der Waals surface area contributed by atoms with Crippen molar-refractivity contribution in [3.8, 4) is 0 Å². The van der Waals surface area contributed by atoms with Crippen molar-refractivity contribution >= 4 is 11.4 Å². The summed E-state index contributed by atoms with van der Waals surface area (Å²) in [5.74, 6) is -0.183. The first-order chi connectivity index (χ1) is 8.69. The van der Waals surface area contributed by atoms with Gasteiger partial charge in [0.1, 0.15) is 5.82 Å². The zero-order valence-electron chi connectivity index (χ0n) is 10.8. The molecule has 0 radical (unpaired) electrons. The van der Waals surface area contributed by atoms with Gasteiger partial charge in [-0.25, -0.2) is 4.39 Å². The molecule has 98 valence electrons. The summed E-state index contributed by atoms with van der Waals surface area (Å²) in [6, 6.07) is 5.03. The van der Waals surface area contributed by atoms with Crippen molar-refractivity contribution in [3.05, 3.63) is 24.0 Å². The number of rotatable bonds is 1. The fraction of sp³-hybridized carbons (Fsp3) is 0.600. The third-order valence-electron chi connectivity index (χ3n) is 4.80. The van der Waals surface area contributed by atoms with E-state index in [1.54, 1.807) is 6.07 Å². The van der Waals surface area contributed by atoms with Crippen molar-refractivity contribution < 1.29 is 4.39 Å². The van der Waals surface area contributed by atoms with Crippen LogP contribution in [0, 0.1) is 11.2 Å². The molecule has 2 nitrogen and oxygen atoms in total. The molecule has 0 atom stereocenters. The lowest BCUT2D eigenvalue weighted by atomic mass is 9.77. The number of hydrogen-bond acceptors (Lipinski definition) is 2. The van der Waals surface area contributed by atoms with E-state index in [-0.39, 0.29) is 5.82 Å². The SMILES string of the molecule is Nc1ccc(N2CCC3(CCCC3)CC2)c(F)c1. The highest BCUT2D eigenvalue weighted by atomic mass is 19.1. The Morgan fingerprint density at radius 3 is 2.33 bits per heavy atom. The summed E-state index contributed by atoms with van der Waals surface area (Å²) in [6.07, 6.45) is 7.97. The number of nitrogens with two attached hydrogens (primary N) is 1.